The molecule has 0 radical (unpaired) electrons. The number of halogens is 1. The van der Waals surface area contributed by atoms with E-state index in [1.165, 1.54) is 12.8 Å². The second-order valence-electron chi connectivity index (χ2n) is 4.62. The van der Waals surface area contributed by atoms with Crippen molar-refractivity contribution in [3.8, 4) is 0 Å². The average molecular weight is 264 g/mol. The zero-order valence-electron chi connectivity index (χ0n) is 10.4. The lowest BCUT2D eigenvalue weighted by molar-refractivity contribution is -0.125. The van der Waals surface area contributed by atoms with Gasteiger partial charge in [0.1, 0.15) is 0 Å². The van der Waals surface area contributed by atoms with Gasteiger partial charge >= 0.3 is 0 Å². The molecule has 1 saturated heterocycles. The second-order valence-corrected chi connectivity index (χ2v) is 5.06. The number of likely N-dealkylation sites (tertiary alicyclic amines) is 1. The zero-order valence-corrected chi connectivity index (χ0v) is 11.2. The van der Waals surface area contributed by atoms with Gasteiger partial charge in [0.25, 0.3) is 0 Å². The summed E-state index contributed by atoms with van der Waals surface area (Å²) in [5.74, 6) is 0.117. The molecule has 0 atom stereocenters. The lowest BCUT2D eigenvalue weighted by atomic mass is 10.2. The summed E-state index contributed by atoms with van der Waals surface area (Å²) in [7, 11) is 0. The molecule has 0 unspecified atom stereocenters. The van der Waals surface area contributed by atoms with E-state index in [0.29, 0.717) is 5.02 Å². The highest BCUT2D eigenvalue weighted by Crippen LogP contribution is 2.12. The first-order valence-electron chi connectivity index (χ1n) is 6.48. The van der Waals surface area contributed by atoms with Crippen LogP contribution in [-0.2, 0) is 4.79 Å². The van der Waals surface area contributed by atoms with E-state index in [9.17, 15) is 4.79 Å². The third-order valence-electron chi connectivity index (χ3n) is 3.21. The van der Waals surface area contributed by atoms with Crippen LogP contribution in [0.1, 0.15) is 31.2 Å². The van der Waals surface area contributed by atoms with E-state index in [-0.39, 0.29) is 5.91 Å². The smallest absolute Gasteiger partial charge is 0.246 e. The summed E-state index contributed by atoms with van der Waals surface area (Å²) in [5.41, 5.74) is 1.00. The van der Waals surface area contributed by atoms with E-state index in [1.54, 1.807) is 6.08 Å². The summed E-state index contributed by atoms with van der Waals surface area (Å²) < 4.78 is 0. The summed E-state index contributed by atoms with van der Waals surface area (Å²) in [4.78, 5) is 13.9. The lowest BCUT2D eigenvalue weighted by Crippen LogP contribution is -2.30. The van der Waals surface area contributed by atoms with Crippen LogP contribution in [0.25, 0.3) is 6.08 Å². The van der Waals surface area contributed by atoms with Crippen molar-refractivity contribution in [1.82, 2.24) is 4.90 Å². The van der Waals surface area contributed by atoms with Crippen LogP contribution in [-0.4, -0.2) is 23.9 Å². The summed E-state index contributed by atoms with van der Waals surface area (Å²) in [6.07, 6.45) is 8.24. The van der Waals surface area contributed by atoms with Crippen molar-refractivity contribution in [2.45, 2.75) is 25.7 Å². The van der Waals surface area contributed by atoms with E-state index in [1.807, 2.05) is 35.2 Å². The van der Waals surface area contributed by atoms with Crippen molar-refractivity contribution in [1.29, 1.82) is 0 Å². The fraction of sp³-hybridized carbons (Fsp3) is 0.400. The normalized spacial score (nSPS) is 16.8. The second kappa shape index (κ2) is 6.60. The zero-order chi connectivity index (χ0) is 12.8. The van der Waals surface area contributed by atoms with Crippen LogP contribution >= 0.6 is 11.6 Å². The van der Waals surface area contributed by atoms with Gasteiger partial charge in [-0.1, -0.05) is 36.6 Å². The molecule has 1 aliphatic rings. The van der Waals surface area contributed by atoms with Crippen molar-refractivity contribution >= 4 is 23.6 Å². The van der Waals surface area contributed by atoms with Crippen LogP contribution in [0.5, 0.6) is 0 Å². The standard InChI is InChI=1S/C15H18ClNO/c16-14-8-5-13(6-9-14)7-10-15(18)17-11-3-1-2-4-12-17/h5-10H,1-4,11-12H2. The molecule has 0 aliphatic carbocycles. The van der Waals surface area contributed by atoms with Crippen LogP contribution in [0, 0.1) is 0 Å². The van der Waals surface area contributed by atoms with Crippen LogP contribution in [0.3, 0.4) is 0 Å². The third-order valence-corrected chi connectivity index (χ3v) is 3.46. The predicted octanol–water partition coefficient (Wildman–Crippen LogP) is 3.76. The minimum atomic E-state index is 0.117. The molecule has 1 amide bonds. The molecule has 0 bridgehead atoms. The number of benzene rings is 1. The monoisotopic (exact) mass is 263 g/mol. The lowest BCUT2D eigenvalue weighted by Gasteiger charge is -2.17. The van der Waals surface area contributed by atoms with E-state index in [4.69, 9.17) is 11.6 Å². The molecule has 18 heavy (non-hydrogen) atoms. The molecule has 2 nitrogen and oxygen atoms in total. The highest BCUT2D eigenvalue weighted by atomic mass is 35.5. The molecule has 0 aromatic heterocycles. The highest BCUT2D eigenvalue weighted by Gasteiger charge is 2.12. The van der Waals surface area contributed by atoms with E-state index in [2.05, 4.69) is 0 Å². The molecule has 1 heterocycles. The summed E-state index contributed by atoms with van der Waals surface area (Å²) in [6, 6.07) is 7.48. The molecule has 1 aromatic rings. The molecule has 96 valence electrons. The first-order chi connectivity index (χ1) is 8.75. The molecule has 1 aliphatic heterocycles. The maximum absolute atomic E-state index is 12.0. The Bertz CT molecular complexity index is 417. The van der Waals surface area contributed by atoms with Crippen molar-refractivity contribution in [3.63, 3.8) is 0 Å². The Morgan fingerprint density at radius 2 is 1.67 bits per heavy atom. The van der Waals surface area contributed by atoms with Gasteiger partial charge < -0.3 is 4.90 Å². The molecular weight excluding hydrogens is 246 g/mol. The maximum atomic E-state index is 12.0. The van der Waals surface area contributed by atoms with Gasteiger partial charge in [-0.3, -0.25) is 4.79 Å². The van der Waals surface area contributed by atoms with Crippen LogP contribution in [0.2, 0.25) is 5.02 Å². The highest BCUT2D eigenvalue weighted by molar-refractivity contribution is 6.30. The van der Waals surface area contributed by atoms with Crippen molar-refractivity contribution in [2.24, 2.45) is 0 Å². The topological polar surface area (TPSA) is 20.3 Å². The van der Waals surface area contributed by atoms with E-state index in [0.717, 1.165) is 31.5 Å². The van der Waals surface area contributed by atoms with Gasteiger partial charge in [-0.05, 0) is 36.6 Å². The number of amides is 1. The number of carbonyl (C=O) groups is 1. The maximum Gasteiger partial charge on any atom is 0.246 e. The molecule has 0 saturated carbocycles. The van der Waals surface area contributed by atoms with Crippen LogP contribution in [0.15, 0.2) is 30.3 Å². The number of rotatable bonds is 2. The molecule has 3 heteroatoms. The summed E-state index contributed by atoms with van der Waals surface area (Å²) in [5, 5.41) is 0.714. The predicted molar refractivity (Wildman–Crippen MR) is 75.5 cm³/mol. The van der Waals surface area contributed by atoms with Crippen molar-refractivity contribution < 1.29 is 4.79 Å². The molecule has 0 N–H and O–H groups in total. The van der Waals surface area contributed by atoms with Crippen LogP contribution < -0.4 is 0 Å². The van der Waals surface area contributed by atoms with Gasteiger partial charge in [-0.15, -0.1) is 0 Å². The quantitative estimate of drug-likeness (QED) is 0.744. The van der Waals surface area contributed by atoms with E-state index >= 15 is 0 Å². The van der Waals surface area contributed by atoms with Gasteiger partial charge in [0, 0.05) is 24.2 Å². The number of carbonyl (C=O) groups excluding carboxylic acids is 1. The molecular formula is C15H18ClNO. The van der Waals surface area contributed by atoms with Gasteiger partial charge in [0.05, 0.1) is 0 Å². The molecule has 0 spiro atoms. The Morgan fingerprint density at radius 1 is 1.06 bits per heavy atom. The largest absolute Gasteiger partial charge is 0.339 e. The molecule has 1 aromatic carbocycles. The first kappa shape index (κ1) is 13.2. The van der Waals surface area contributed by atoms with Gasteiger partial charge in [-0.25, -0.2) is 0 Å². The van der Waals surface area contributed by atoms with Crippen LogP contribution in [0.4, 0.5) is 0 Å². The Kier molecular flexibility index (Phi) is 4.82. The Balaban J connectivity index is 1.95. The number of hydrogen-bond donors (Lipinski definition) is 0. The SMILES string of the molecule is O=C(C=Cc1ccc(Cl)cc1)N1CCCCCC1. The molecule has 2 rings (SSSR count). The van der Waals surface area contributed by atoms with Gasteiger partial charge in [0.15, 0.2) is 0 Å². The number of nitrogens with zero attached hydrogens (tertiary/aromatic N) is 1. The Morgan fingerprint density at radius 3 is 2.28 bits per heavy atom. The Hall–Kier alpha value is -1.28. The third kappa shape index (κ3) is 3.88. The van der Waals surface area contributed by atoms with E-state index < -0.39 is 0 Å². The number of hydrogen-bond acceptors (Lipinski definition) is 1. The summed E-state index contributed by atoms with van der Waals surface area (Å²) in [6.45, 7) is 1.79. The van der Waals surface area contributed by atoms with Gasteiger partial charge in [0.2, 0.25) is 5.91 Å². The average Bonchev–Trinajstić information content (AvgIpc) is 2.66. The van der Waals surface area contributed by atoms with Crippen molar-refractivity contribution in [3.05, 3.63) is 40.9 Å². The van der Waals surface area contributed by atoms with Crippen molar-refractivity contribution in [2.75, 3.05) is 13.1 Å². The first-order valence-corrected chi connectivity index (χ1v) is 6.86. The summed E-state index contributed by atoms with van der Waals surface area (Å²) >= 11 is 5.81. The fourth-order valence-corrected chi connectivity index (χ4v) is 2.26. The fourth-order valence-electron chi connectivity index (χ4n) is 2.14. The Labute approximate surface area is 113 Å². The van der Waals surface area contributed by atoms with Gasteiger partial charge in [-0.2, -0.15) is 0 Å². The minimum Gasteiger partial charge on any atom is -0.339 e. The minimum absolute atomic E-state index is 0.117. The molecule has 1 fully saturated rings.